The molecule has 158 valence electrons. The number of carbonyl (C=O) groups excluding carboxylic acids is 1. The molecule has 0 spiro atoms. The van der Waals surface area contributed by atoms with Gasteiger partial charge in [0.05, 0.1) is 6.04 Å². The highest BCUT2D eigenvalue weighted by Crippen LogP contribution is 2.14. The van der Waals surface area contributed by atoms with E-state index in [-0.39, 0.29) is 11.8 Å². The highest BCUT2D eigenvalue weighted by atomic mass is 32.2. The van der Waals surface area contributed by atoms with Gasteiger partial charge in [-0.15, -0.1) is 0 Å². The number of hydrogen-bond acceptors (Lipinski definition) is 4. The molecule has 1 heterocycles. The van der Waals surface area contributed by atoms with Gasteiger partial charge in [0.1, 0.15) is 17.3 Å². The summed E-state index contributed by atoms with van der Waals surface area (Å²) >= 11 is 0. The minimum Gasteiger partial charge on any atom is -0.349 e. The molecule has 1 aromatic heterocycles. The fourth-order valence-corrected chi connectivity index (χ4v) is 4.48. The lowest BCUT2D eigenvalue weighted by atomic mass is 10.1. The third-order valence-corrected chi connectivity index (χ3v) is 6.36. The molecule has 0 aliphatic heterocycles. The van der Waals surface area contributed by atoms with Crippen molar-refractivity contribution in [1.82, 2.24) is 14.9 Å². The molecule has 6 nitrogen and oxygen atoms in total. The summed E-state index contributed by atoms with van der Waals surface area (Å²) in [5, 5.41) is 2.78. The molecule has 2 aromatic carbocycles. The lowest BCUT2D eigenvalue weighted by molar-refractivity contribution is -0.119. The fraction of sp³-hybridized carbons (Fsp3) is 0.304. The molecule has 1 N–H and O–H groups in total. The maximum atomic E-state index is 12.6. The molecule has 0 bridgehead atoms. The highest BCUT2D eigenvalue weighted by molar-refractivity contribution is 7.91. The Labute approximate surface area is 177 Å². The Morgan fingerprint density at radius 1 is 1.07 bits per heavy atom. The van der Waals surface area contributed by atoms with Crippen LogP contribution in [-0.4, -0.2) is 29.6 Å². The van der Waals surface area contributed by atoms with Crippen molar-refractivity contribution in [2.75, 3.05) is 5.75 Å². The average molecular weight is 426 g/mol. The largest absolute Gasteiger partial charge is 0.349 e. The van der Waals surface area contributed by atoms with Gasteiger partial charge in [-0.2, -0.15) is 0 Å². The maximum Gasteiger partial charge on any atom is 0.235 e. The predicted octanol–water partition coefficient (Wildman–Crippen LogP) is 3.29. The summed E-state index contributed by atoms with van der Waals surface area (Å²) in [5.74, 6) is -0.930. The molecule has 0 saturated heterocycles. The Morgan fingerprint density at radius 2 is 1.77 bits per heavy atom. The van der Waals surface area contributed by atoms with E-state index in [1.54, 1.807) is 17.0 Å². The second-order valence-corrected chi connectivity index (χ2v) is 9.44. The van der Waals surface area contributed by atoms with Gasteiger partial charge >= 0.3 is 0 Å². The molecule has 0 aliphatic carbocycles. The van der Waals surface area contributed by atoms with E-state index in [9.17, 15) is 13.2 Å². The number of nitrogens with one attached hydrogen (secondary N) is 1. The summed E-state index contributed by atoms with van der Waals surface area (Å²) in [6.07, 6.45) is 4.27. The molecule has 3 rings (SSSR count). The van der Waals surface area contributed by atoms with Crippen molar-refractivity contribution >= 4 is 15.7 Å². The molecule has 1 atom stereocenters. The summed E-state index contributed by atoms with van der Waals surface area (Å²) in [6.45, 7) is 4.46. The van der Waals surface area contributed by atoms with Gasteiger partial charge in [-0.05, 0) is 30.0 Å². The minimum atomic E-state index is -3.65. The first-order valence-corrected chi connectivity index (χ1v) is 11.8. The van der Waals surface area contributed by atoms with Crippen molar-refractivity contribution in [3.05, 3.63) is 89.5 Å². The maximum absolute atomic E-state index is 12.6. The molecule has 0 fully saturated rings. The van der Waals surface area contributed by atoms with E-state index in [1.165, 1.54) is 5.56 Å². The molecular formula is C23H27N3O3S. The van der Waals surface area contributed by atoms with Crippen LogP contribution >= 0.6 is 0 Å². The van der Waals surface area contributed by atoms with Crippen molar-refractivity contribution in [3.8, 4) is 0 Å². The van der Waals surface area contributed by atoms with E-state index in [4.69, 9.17) is 0 Å². The van der Waals surface area contributed by atoms with Crippen LogP contribution in [0, 0.1) is 0 Å². The number of sulfone groups is 1. The summed E-state index contributed by atoms with van der Waals surface area (Å²) in [7, 11) is -3.65. The summed E-state index contributed by atoms with van der Waals surface area (Å²) in [6, 6.07) is 17.4. The van der Waals surface area contributed by atoms with E-state index >= 15 is 0 Å². The smallest absolute Gasteiger partial charge is 0.235 e. The van der Waals surface area contributed by atoms with E-state index in [0.717, 1.165) is 17.5 Å². The van der Waals surface area contributed by atoms with E-state index in [2.05, 4.69) is 17.2 Å². The monoisotopic (exact) mass is 425 g/mol. The van der Waals surface area contributed by atoms with Gasteiger partial charge in [0.25, 0.3) is 0 Å². The highest BCUT2D eigenvalue weighted by Gasteiger charge is 2.21. The van der Waals surface area contributed by atoms with Crippen LogP contribution in [0.2, 0.25) is 0 Å². The van der Waals surface area contributed by atoms with E-state index < -0.39 is 21.5 Å². The molecule has 1 amide bonds. The van der Waals surface area contributed by atoms with Crippen molar-refractivity contribution in [2.24, 2.45) is 0 Å². The van der Waals surface area contributed by atoms with Crippen LogP contribution in [0.3, 0.4) is 0 Å². The van der Waals surface area contributed by atoms with Crippen LogP contribution in [-0.2, 0) is 33.4 Å². The molecule has 0 aliphatic rings. The molecule has 1 unspecified atom stereocenters. The van der Waals surface area contributed by atoms with Crippen LogP contribution in [0.15, 0.2) is 67.0 Å². The van der Waals surface area contributed by atoms with Crippen molar-refractivity contribution in [1.29, 1.82) is 0 Å². The lowest BCUT2D eigenvalue weighted by Gasteiger charge is -2.15. The molecule has 0 saturated carbocycles. The second-order valence-electron chi connectivity index (χ2n) is 7.37. The zero-order valence-corrected chi connectivity index (χ0v) is 18.1. The van der Waals surface area contributed by atoms with Crippen molar-refractivity contribution < 1.29 is 13.2 Å². The Bertz CT molecular complexity index is 1070. The number of imidazole rings is 1. The van der Waals surface area contributed by atoms with Crippen LogP contribution < -0.4 is 5.32 Å². The van der Waals surface area contributed by atoms with Crippen molar-refractivity contribution in [3.63, 3.8) is 0 Å². The number of aryl methyl sites for hydroxylation is 1. The normalized spacial score (nSPS) is 12.5. The van der Waals surface area contributed by atoms with Gasteiger partial charge < -0.3 is 9.88 Å². The van der Waals surface area contributed by atoms with Gasteiger partial charge in [0.2, 0.25) is 5.91 Å². The van der Waals surface area contributed by atoms with Gasteiger partial charge in [0.15, 0.2) is 9.84 Å². The van der Waals surface area contributed by atoms with Gasteiger partial charge in [-0.25, -0.2) is 13.4 Å². The average Bonchev–Trinajstić information content (AvgIpc) is 3.14. The minimum absolute atomic E-state index is 0.265. The number of rotatable bonds is 9. The topological polar surface area (TPSA) is 81.1 Å². The van der Waals surface area contributed by atoms with Crippen LogP contribution in [0.5, 0.6) is 0 Å². The molecule has 0 radical (unpaired) electrons. The zero-order valence-electron chi connectivity index (χ0n) is 17.3. The summed E-state index contributed by atoms with van der Waals surface area (Å²) in [4.78, 5) is 16.5. The van der Waals surface area contributed by atoms with E-state index in [1.807, 2.05) is 61.5 Å². The van der Waals surface area contributed by atoms with Gasteiger partial charge in [0, 0.05) is 18.9 Å². The molecule has 7 heteroatoms. The fourth-order valence-electron chi connectivity index (χ4n) is 3.26. The Morgan fingerprint density at radius 3 is 2.43 bits per heavy atom. The number of nitrogens with zero attached hydrogens (tertiary/aromatic N) is 2. The molecular weight excluding hydrogens is 398 g/mol. The lowest BCUT2D eigenvalue weighted by Crippen LogP contribution is -2.33. The SMILES string of the molecule is CCc1ccc(C(C)NC(=O)CS(=O)(=O)Cc2nccn2Cc2ccccc2)cc1. The third kappa shape index (κ3) is 6.03. The van der Waals surface area contributed by atoms with E-state index in [0.29, 0.717) is 12.4 Å². The zero-order chi connectivity index (χ0) is 21.6. The van der Waals surface area contributed by atoms with Crippen LogP contribution in [0.1, 0.15) is 42.4 Å². The summed E-state index contributed by atoms with van der Waals surface area (Å²) < 4.78 is 27.0. The first-order chi connectivity index (χ1) is 14.4. The molecule has 3 aromatic rings. The standard InChI is InChI=1S/C23H27N3O3S/c1-3-19-9-11-21(12-10-19)18(2)25-23(27)17-30(28,29)16-22-24-13-14-26(22)15-20-7-5-4-6-8-20/h4-14,18H,3,15-17H2,1-2H3,(H,25,27). The first kappa shape index (κ1) is 21.8. The number of aromatic nitrogens is 2. The number of carbonyl (C=O) groups is 1. The van der Waals surface area contributed by atoms with Gasteiger partial charge in [-0.1, -0.05) is 61.5 Å². The Balaban J connectivity index is 1.60. The van der Waals surface area contributed by atoms with Crippen molar-refractivity contribution in [2.45, 2.75) is 38.6 Å². The quantitative estimate of drug-likeness (QED) is 0.570. The third-order valence-electron chi connectivity index (χ3n) is 4.96. The predicted molar refractivity (Wildman–Crippen MR) is 118 cm³/mol. The Kier molecular flexibility index (Phi) is 7.05. The Hall–Kier alpha value is -2.93. The summed E-state index contributed by atoms with van der Waals surface area (Å²) in [5.41, 5.74) is 3.21. The van der Waals surface area contributed by atoms with Crippen LogP contribution in [0.4, 0.5) is 0 Å². The number of amides is 1. The second kappa shape index (κ2) is 9.71. The number of hydrogen-bond donors (Lipinski definition) is 1. The molecule has 30 heavy (non-hydrogen) atoms. The van der Waals surface area contributed by atoms with Gasteiger partial charge in [-0.3, -0.25) is 4.79 Å². The number of benzene rings is 2. The first-order valence-electron chi connectivity index (χ1n) is 9.99. The van der Waals surface area contributed by atoms with Crippen LogP contribution in [0.25, 0.3) is 0 Å².